The van der Waals surface area contributed by atoms with Gasteiger partial charge in [0.2, 0.25) is 0 Å². The first-order chi connectivity index (χ1) is 10.6. The molecule has 0 saturated carbocycles. The molecule has 0 unspecified atom stereocenters. The third kappa shape index (κ3) is 2.42. The lowest BCUT2D eigenvalue weighted by atomic mass is 10.1. The van der Waals surface area contributed by atoms with E-state index in [2.05, 4.69) is 10.3 Å². The maximum absolute atomic E-state index is 12.2. The summed E-state index contributed by atoms with van der Waals surface area (Å²) in [6.45, 7) is 1.78. The summed E-state index contributed by atoms with van der Waals surface area (Å²) in [6.07, 6.45) is 0. The van der Waals surface area contributed by atoms with Crippen LogP contribution in [-0.4, -0.2) is 16.0 Å². The molecule has 0 saturated heterocycles. The van der Waals surface area contributed by atoms with Crippen molar-refractivity contribution < 1.29 is 14.3 Å². The molecule has 1 amide bonds. The summed E-state index contributed by atoms with van der Waals surface area (Å²) < 4.78 is 5.06. The third-order valence-electron chi connectivity index (χ3n) is 3.14. The van der Waals surface area contributed by atoms with Gasteiger partial charge in [-0.15, -0.1) is 0 Å². The Balaban J connectivity index is 2.06. The number of para-hydroxylation sites is 1. The second-order valence-corrected chi connectivity index (χ2v) is 4.73. The number of hydrogen-bond donors (Lipinski definition) is 2. The van der Waals surface area contributed by atoms with Gasteiger partial charge in [-0.1, -0.05) is 18.2 Å². The van der Waals surface area contributed by atoms with Crippen LogP contribution >= 0.6 is 0 Å². The summed E-state index contributed by atoms with van der Waals surface area (Å²) in [7, 11) is 0. The fourth-order valence-corrected chi connectivity index (χ4v) is 2.13. The number of nitrogens with one attached hydrogen (secondary N) is 1. The molecule has 2 aromatic heterocycles. The monoisotopic (exact) mass is 296 g/mol. The number of carbonyl (C=O) groups excluding carboxylic acids is 1. The summed E-state index contributed by atoms with van der Waals surface area (Å²) in [6, 6.07) is 11.5. The number of aryl methyl sites for hydroxylation is 1. The van der Waals surface area contributed by atoms with Crippen LogP contribution in [-0.2, 0) is 0 Å². The van der Waals surface area contributed by atoms with E-state index in [1.54, 1.807) is 49.4 Å². The van der Waals surface area contributed by atoms with Gasteiger partial charge < -0.3 is 14.8 Å². The van der Waals surface area contributed by atoms with E-state index in [1.807, 2.05) is 0 Å². The van der Waals surface area contributed by atoms with E-state index in [9.17, 15) is 14.7 Å². The van der Waals surface area contributed by atoms with Gasteiger partial charge >= 0.3 is 5.63 Å². The Kier molecular flexibility index (Phi) is 3.34. The molecule has 3 rings (SSSR count). The van der Waals surface area contributed by atoms with Gasteiger partial charge in [-0.3, -0.25) is 4.79 Å². The number of pyridine rings is 1. The average Bonchev–Trinajstić information content (AvgIpc) is 2.47. The number of fused-ring (bicyclic) bond motifs is 1. The second-order valence-electron chi connectivity index (χ2n) is 4.73. The molecule has 22 heavy (non-hydrogen) atoms. The largest absolute Gasteiger partial charge is 0.506 e. The van der Waals surface area contributed by atoms with E-state index < -0.39 is 22.8 Å². The number of carbonyl (C=O) groups is 1. The first kappa shape index (κ1) is 13.8. The molecule has 0 spiro atoms. The zero-order chi connectivity index (χ0) is 15.7. The van der Waals surface area contributed by atoms with E-state index in [-0.39, 0.29) is 11.4 Å². The highest BCUT2D eigenvalue weighted by molar-refractivity contribution is 6.08. The van der Waals surface area contributed by atoms with Crippen molar-refractivity contribution >= 4 is 22.7 Å². The Bertz CT molecular complexity index is 931. The Labute approximate surface area is 125 Å². The number of nitrogens with zero attached hydrogens (tertiary/aromatic N) is 1. The zero-order valence-corrected chi connectivity index (χ0v) is 11.7. The van der Waals surface area contributed by atoms with Gasteiger partial charge in [0.25, 0.3) is 5.91 Å². The SMILES string of the molecule is Cc1cccc(NC(=O)c2c(O)c3ccccc3oc2=O)n1. The van der Waals surface area contributed by atoms with Crippen molar-refractivity contribution in [3.63, 3.8) is 0 Å². The summed E-state index contributed by atoms with van der Waals surface area (Å²) >= 11 is 0. The fourth-order valence-electron chi connectivity index (χ4n) is 2.13. The minimum atomic E-state index is -0.902. The van der Waals surface area contributed by atoms with Crippen molar-refractivity contribution in [1.82, 2.24) is 4.98 Å². The molecule has 0 bridgehead atoms. The standard InChI is InChI=1S/C16H12N2O4/c1-9-5-4-8-12(17-9)18-15(20)13-14(19)10-6-2-3-7-11(10)22-16(13)21/h2-8,19H,1H3,(H,17,18,20). The average molecular weight is 296 g/mol. The van der Waals surface area contributed by atoms with E-state index in [4.69, 9.17) is 4.42 Å². The van der Waals surface area contributed by atoms with Crippen LogP contribution in [0.2, 0.25) is 0 Å². The smallest absolute Gasteiger partial charge is 0.353 e. The van der Waals surface area contributed by atoms with Crippen LogP contribution in [0.15, 0.2) is 51.7 Å². The summed E-state index contributed by atoms with van der Waals surface area (Å²) in [5.41, 5.74) is -0.411. The number of rotatable bonds is 2. The minimum absolute atomic E-state index is 0.218. The number of anilines is 1. The first-order valence-electron chi connectivity index (χ1n) is 6.56. The van der Waals surface area contributed by atoms with Crippen LogP contribution < -0.4 is 10.9 Å². The van der Waals surface area contributed by atoms with Crippen molar-refractivity contribution in [3.8, 4) is 5.75 Å². The maximum Gasteiger partial charge on any atom is 0.353 e. The Morgan fingerprint density at radius 2 is 1.95 bits per heavy atom. The molecule has 0 aliphatic carbocycles. The number of hydrogen-bond acceptors (Lipinski definition) is 5. The molecule has 0 aliphatic heterocycles. The molecular formula is C16H12N2O4. The Morgan fingerprint density at radius 3 is 2.73 bits per heavy atom. The van der Waals surface area contributed by atoms with E-state index in [0.717, 1.165) is 0 Å². The van der Waals surface area contributed by atoms with Crippen LogP contribution in [0.3, 0.4) is 0 Å². The lowest BCUT2D eigenvalue weighted by Crippen LogP contribution is -2.21. The number of benzene rings is 1. The van der Waals surface area contributed by atoms with Gasteiger partial charge in [-0.25, -0.2) is 9.78 Å². The molecule has 2 N–H and O–H groups in total. The molecule has 110 valence electrons. The van der Waals surface area contributed by atoms with Gasteiger partial charge in [-0.2, -0.15) is 0 Å². The van der Waals surface area contributed by atoms with Gasteiger partial charge in [0.1, 0.15) is 17.2 Å². The molecule has 0 atom stereocenters. The lowest BCUT2D eigenvalue weighted by molar-refractivity contribution is 0.102. The molecular weight excluding hydrogens is 284 g/mol. The molecule has 0 aliphatic rings. The van der Waals surface area contributed by atoms with Crippen molar-refractivity contribution in [2.75, 3.05) is 5.32 Å². The molecule has 0 radical (unpaired) electrons. The summed E-state index contributed by atoms with van der Waals surface area (Å²) in [5.74, 6) is -0.885. The van der Waals surface area contributed by atoms with Crippen molar-refractivity contribution in [3.05, 3.63) is 64.1 Å². The highest BCUT2D eigenvalue weighted by Crippen LogP contribution is 2.26. The van der Waals surface area contributed by atoms with Gasteiger partial charge in [-0.05, 0) is 31.2 Å². The van der Waals surface area contributed by atoms with Gasteiger partial charge in [0.15, 0.2) is 5.56 Å². The summed E-state index contributed by atoms with van der Waals surface area (Å²) in [4.78, 5) is 28.3. The predicted molar refractivity (Wildman–Crippen MR) is 81.1 cm³/mol. The molecule has 3 aromatic rings. The fraction of sp³-hybridized carbons (Fsp3) is 0.0625. The number of amides is 1. The maximum atomic E-state index is 12.2. The van der Waals surface area contributed by atoms with Crippen LogP contribution in [0, 0.1) is 6.92 Å². The summed E-state index contributed by atoms with van der Waals surface area (Å²) in [5, 5.41) is 13.0. The van der Waals surface area contributed by atoms with Gasteiger partial charge in [0, 0.05) is 5.69 Å². The van der Waals surface area contributed by atoms with Crippen LogP contribution in [0.4, 0.5) is 5.82 Å². The highest BCUT2D eigenvalue weighted by atomic mass is 16.4. The highest BCUT2D eigenvalue weighted by Gasteiger charge is 2.21. The molecule has 1 aromatic carbocycles. The topological polar surface area (TPSA) is 92.4 Å². The number of aromatic hydroxyl groups is 1. The molecule has 6 heteroatoms. The second kappa shape index (κ2) is 5.33. The molecule has 0 fully saturated rings. The van der Waals surface area contributed by atoms with Crippen molar-refractivity contribution in [2.24, 2.45) is 0 Å². The van der Waals surface area contributed by atoms with E-state index in [1.165, 1.54) is 0 Å². The Hall–Kier alpha value is -3.15. The normalized spacial score (nSPS) is 10.6. The van der Waals surface area contributed by atoms with Crippen molar-refractivity contribution in [1.29, 1.82) is 0 Å². The van der Waals surface area contributed by atoms with Crippen molar-refractivity contribution in [2.45, 2.75) is 6.92 Å². The third-order valence-corrected chi connectivity index (χ3v) is 3.14. The quantitative estimate of drug-likeness (QED) is 0.709. The number of aromatic nitrogens is 1. The van der Waals surface area contributed by atoms with E-state index >= 15 is 0 Å². The van der Waals surface area contributed by atoms with Crippen LogP contribution in [0.1, 0.15) is 16.1 Å². The molecule has 2 heterocycles. The first-order valence-corrected chi connectivity index (χ1v) is 6.56. The molecule has 6 nitrogen and oxygen atoms in total. The van der Waals surface area contributed by atoms with Gasteiger partial charge in [0.05, 0.1) is 5.39 Å². The van der Waals surface area contributed by atoms with E-state index in [0.29, 0.717) is 11.1 Å². The minimum Gasteiger partial charge on any atom is -0.506 e. The lowest BCUT2D eigenvalue weighted by Gasteiger charge is -2.07. The van der Waals surface area contributed by atoms with Crippen LogP contribution in [0.25, 0.3) is 11.0 Å². The Morgan fingerprint density at radius 1 is 1.18 bits per heavy atom. The predicted octanol–water partition coefficient (Wildman–Crippen LogP) is 2.45. The zero-order valence-electron chi connectivity index (χ0n) is 11.7. The van der Waals surface area contributed by atoms with Crippen LogP contribution in [0.5, 0.6) is 5.75 Å².